The molecule has 0 atom stereocenters. The molecule has 0 N–H and O–H groups in total. The van der Waals surface area contributed by atoms with Crippen molar-refractivity contribution < 1.29 is 0 Å². The van der Waals surface area contributed by atoms with Crippen LogP contribution < -0.4 is 0 Å². The SMILES string of the molecule is Cc1nc(-c2cccs2)c(Br)s1. The van der Waals surface area contributed by atoms with Crippen LogP contribution in [0.4, 0.5) is 0 Å². The fourth-order valence-corrected chi connectivity index (χ4v) is 3.54. The summed E-state index contributed by atoms with van der Waals surface area (Å²) in [5.74, 6) is 0. The predicted octanol–water partition coefficient (Wildman–Crippen LogP) is 3.94. The number of hydrogen-bond acceptors (Lipinski definition) is 3. The van der Waals surface area contributed by atoms with Gasteiger partial charge in [-0.05, 0) is 34.3 Å². The zero-order chi connectivity index (χ0) is 8.55. The minimum atomic E-state index is 1.08. The molecular weight excluding hydrogens is 254 g/mol. The Kier molecular flexibility index (Phi) is 2.30. The van der Waals surface area contributed by atoms with Crippen molar-refractivity contribution in [2.24, 2.45) is 0 Å². The second kappa shape index (κ2) is 3.28. The van der Waals surface area contributed by atoms with Gasteiger partial charge in [-0.2, -0.15) is 0 Å². The van der Waals surface area contributed by atoms with E-state index in [1.54, 1.807) is 22.7 Å². The van der Waals surface area contributed by atoms with Gasteiger partial charge in [0.25, 0.3) is 0 Å². The number of hydrogen-bond donors (Lipinski definition) is 0. The lowest BCUT2D eigenvalue weighted by atomic mass is 10.4. The standard InChI is InChI=1S/C8H6BrNS2/c1-5-10-7(8(9)12-5)6-3-2-4-11-6/h2-4H,1H3. The highest BCUT2D eigenvalue weighted by molar-refractivity contribution is 9.11. The number of aryl methyl sites for hydroxylation is 1. The molecule has 62 valence electrons. The van der Waals surface area contributed by atoms with Gasteiger partial charge in [0.2, 0.25) is 0 Å². The molecule has 0 aromatic carbocycles. The number of halogens is 1. The average molecular weight is 260 g/mol. The number of thiazole rings is 1. The first-order chi connectivity index (χ1) is 5.77. The highest BCUT2D eigenvalue weighted by Crippen LogP contribution is 2.34. The van der Waals surface area contributed by atoms with Crippen LogP contribution in [0.3, 0.4) is 0 Å². The van der Waals surface area contributed by atoms with Crippen LogP contribution in [0.15, 0.2) is 21.3 Å². The Bertz CT molecular complexity index is 378. The maximum absolute atomic E-state index is 4.43. The summed E-state index contributed by atoms with van der Waals surface area (Å²) in [6.45, 7) is 2.02. The van der Waals surface area contributed by atoms with Gasteiger partial charge in [-0.3, -0.25) is 0 Å². The van der Waals surface area contributed by atoms with Gasteiger partial charge in [-0.25, -0.2) is 4.98 Å². The summed E-state index contributed by atoms with van der Waals surface area (Å²) in [4.78, 5) is 5.66. The first-order valence-electron chi connectivity index (χ1n) is 3.44. The summed E-state index contributed by atoms with van der Waals surface area (Å²) in [6, 6.07) is 4.13. The lowest BCUT2D eigenvalue weighted by Gasteiger charge is -1.88. The Morgan fingerprint density at radius 3 is 2.83 bits per heavy atom. The van der Waals surface area contributed by atoms with Gasteiger partial charge in [0.05, 0.1) is 13.7 Å². The van der Waals surface area contributed by atoms with Gasteiger partial charge < -0.3 is 0 Å². The van der Waals surface area contributed by atoms with Crippen LogP contribution in [0.5, 0.6) is 0 Å². The lowest BCUT2D eigenvalue weighted by Crippen LogP contribution is -1.72. The Morgan fingerprint density at radius 1 is 1.50 bits per heavy atom. The summed E-state index contributed by atoms with van der Waals surface area (Å²) in [7, 11) is 0. The molecule has 2 rings (SSSR count). The van der Waals surface area contributed by atoms with Gasteiger partial charge in [-0.15, -0.1) is 22.7 Å². The average Bonchev–Trinajstić information content (AvgIpc) is 2.58. The molecule has 12 heavy (non-hydrogen) atoms. The molecule has 0 fully saturated rings. The fourth-order valence-electron chi connectivity index (χ4n) is 0.967. The number of nitrogens with zero attached hydrogens (tertiary/aromatic N) is 1. The molecule has 4 heteroatoms. The van der Waals surface area contributed by atoms with Crippen LogP contribution in [0, 0.1) is 6.92 Å². The van der Waals surface area contributed by atoms with Crippen molar-refractivity contribution in [2.75, 3.05) is 0 Å². The molecule has 0 aliphatic carbocycles. The van der Waals surface area contributed by atoms with Crippen molar-refractivity contribution in [2.45, 2.75) is 6.92 Å². The first kappa shape index (κ1) is 8.41. The molecule has 0 amide bonds. The van der Waals surface area contributed by atoms with Gasteiger partial charge in [0.1, 0.15) is 5.69 Å². The summed E-state index contributed by atoms with van der Waals surface area (Å²) in [6.07, 6.45) is 0. The Morgan fingerprint density at radius 2 is 2.33 bits per heavy atom. The van der Waals surface area contributed by atoms with Gasteiger partial charge in [-0.1, -0.05) is 6.07 Å². The Hall–Kier alpha value is -0.190. The molecule has 0 aliphatic heterocycles. The minimum absolute atomic E-state index is 1.08. The monoisotopic (exact) mass is 259 g/mol. The largest absolute Gasteiger partial charge is 0.239 e. The zero-order valence-electron chi connectivity index (χ0n) is 6.37. The molecule has 2 heterocycles. The van der Waals surface area contributed by atoms with Crippen LogP contribution in [-0.4, -0.2) is 4.98 Å². The molecule has 0 saturated heterocycles. The second-order valence-electron chi connectivity index (χ2n) is 2.33. The van der Waals surface area contributed by atoms with E-state index in [2.05, 4.69) is 32.4 Å². The van der Waals surface area contributed by atoms with Crippen molar-refractivity contribution in [3.05, 3.63) is 26.3 Å². The van der Waals surface area contributed by atoms with E-state index in [-0.39, 0.29) is 0 Å². The van der Waals surface area contributed by atoms with E-state index in [0.717, 1.165) is 14.5 Å². The van der Waals surface area contributed by atoms with E-state index in [1.165, 1.54) is 4.88 Å². The maximum Gasteiger partial charge on any atom is 0.106 e. The van der Waals surface area contributed by atoms with E-state index in [0.29, 0.717) is 0 Å². The molecule has 0 radical (unpaired) electrons. The quantitative estimate of drug-likeness (QED) is 0.756. The molecule has 0 aliphatic rings. The maximum atomic E-state index is 4.43. The molecule has 2 aromatic rings. The molecule has 1 nitrogen and oxygen atoms in total. The molecule has 0 spiro atoms. The lowest BCUT2D eigenvalue weighted by molar-refractivity contribution is 1.30. The van der Waals surface area contributed by atoms with Crippen LogP contribution in [0.25, 0.3) is 10.6 Å². The van der Waals surface area contributed by atoms with E-state index in [1.807, 2.05) is 13.0 Å². The zero-order valence-corrected chi connectivity index (χ0v) is 9.59. The molecule has 0 saturated carbocycles. The van der Waals surface area contributed by atoms with E-state index in [4.69, 9.17) is 0 Å². The first-order valence-corrected chi connectivity index (χ1v) is 5.93. The second-order valence-corrected chi connectivity index (χ2v) is 5.80. The van der Waals surface area contributed by atoms with Crippen LogP contribution in [0.1, 0.15) is 5.01 Å². The summed E-state index contributed by atoms with van der Waals surface area (Å²) in [5, 5.41) is 3.17. The van der Waals surface area contributed by atoms with Crippen molar-refractivity contribution in [1.29, 1.82) is 0 Å². The topological polar surface area (TPSA) is 12.9 Å². The van der Waals surface area contributed by atoms with Crippen molar-refractivity contribution in [3.63, 3.8) is 0 Å². The van der Waals surface area contributed by atoms with Crippen LogP contribution in [0.2, 0.25) is 0 Å². The molecular formula is C8H6BrNS2. The Labute approximate surface area is 87.2 Å². The highest BCUT2D eigenvalue weighted by atomic mass is 79.9. The Balaban J connectivity index is 2.54. The number of rotatable bonds is 1. The van der Waals surface area contributed by atoms with E-state index >= 15 is 0 Å². The van der Waals surface area contributed by atoms with E-state index < -0.39 is 0 Å². The third kappa shape index (κ3) is 1.46. The summed E-state index contributed by atoms with van der Waals surface area (Å²) < 4.78 is 1.13. The van der Waals surface area contributed by atoms with Crippen molar-refractivity contribution >= 4 is 38.6 Å². The summed E-state index contributed by atoms with van der Waals surface area (Å²) >= 11 is 6.90. The fraction of sp³-hybridized carbons (Fsp3) is 0.125. The smallest absolute Gasteiger partial charge is 0.106 e. The predicted molar refractivity (Wildman–Crippen MR) is 57.9 cm³/mol. The minimum Gasteiger partial charge on any atom is -0.239 e. The van der Waals surface area contributed by atoms with Crippen LogP contribution >= 0.6 is 38.6 Å². The van der Waals surface area contributed by atoms with Crippen molar-refractivity contribution in [1.82, 2.24) is 4.98 Å². The molecule has 2 aromatic heterocycles. The van der Waals surface area contributed by atoms with E-state index in [9.17, 15) is 0 Å². The normalized spacial score (nSPS) is 10.5. The summed E-state index contributed by atoms with van der Waals surface area (Å²) in [5.41, 5.74) is 1.08. The number of thiophene rings is 1. The third-order valence-corrected chi connectivity index (χ3v) is 3.94. The third-order valence-electron chi connectivity index (χ3n) is 1.45. The molecule has 0 bridgehead atoms. The number of aromatic nitrogens is 1. The van der Waals surface area contributed by atoms with Gasteiger partial charge in [0.15, 0.2) is 0 Å². The highest BCUT2D eigenvalue weighted by Gasteiger charge is 2.08. The van der Waals surface area contributed by atoms with Gasteiger partial charge >= 0.3 is 0 Å². The molecule has 0 unspecified atom stereocenters. The van der Waals surface area contributed by atoms with Crippen LogP contribution in [-0.2, 0) is 0 Å². The van der Waals surface area contributed by atoms with Gasteiger partial charge in [0, 0.05) is 0 Å². The van der Waals surface area contributed by atoms with Crippen molar-refractivity contribution in [3.8, 4) is 10.6 Å².